The van der Waals surface area contributed by atoms with E-state index < -0.39 is 59.9 Å². The van der Waals surface area contributed by atoms with Crippen LogP contribution in [0.25, 0.3) is 0 Å². The minimum absolute atomic E-state index is 0.499. The number of carbonyl (C=O) groups excluding carboxylic acids is 4. The molecule has 0 N–H and O–H groups in total. The van der Waals surface area contributed by atoms with Crippen LogP contribution in [-0.4, -0.2) is 46.0 Å². The van der Waals surface area contributed by atoms with E-state index in [4.69, 9.17) is 32.7 Å². The number of nitrogens with zero attached hydrogens (tertiary/aromatic N) is 2. The van der Waals surface area contributed by atoms with Crippen molar-refractivity contribution in [2.45, 2.75) is 24.2 Å². The van der Waals surface area contributed by atoms with Crippen LogP contribution < -0.4 is 0 Å². The zero-order valence-electron chi connectivity index (χ0n) is 16.2. The first-order valence-corrected chi connectivity index (χ1v) is 10.7. The Morgan fingerprint density at radius 1 is 0.531 bits per heavy atom. The standard InChI is InChI=1S/C22H14Cl2N2O6/c23-11-5-1-9(2-6-11)15-13-17(21(29)31-19(13)27)26-16(10-3-7-12(24)8-4-10)14-18(25(15)26)22(30)32-20(14)28/h1-8,13-18H/t13-,14-,15+,16+,17-,18+/m1/s1. The molecule has 0 aliphatic carbocycles. The van der Waals surface area contributed by atoms with E-state index in [0.29, 0.717) is 21.2 Å². The van der Waals surface area contributed by atoms with Crippen LogP contribution in [0.15, 0.2) is 48.5 Å². The first-order valence-electron chi connectivity index (χ1n) is 9.95. The van der Waals surface area contributed by atoms with Crippen molar-refractivity contribution in [1.29, 1.82) is 0 Å². The molecule has 0 unspecified atom stereocenters. The molecule has 4 fully saturated rings. The molecule has 6 rings (SSSR count). The summed E-state index contributed by atoms with van der Waals surface area (Å²) in [5, 5.41) is 4.32. The predicted molar refractivity (Wildman–Crippen MR) is 109 cm³/mol. The maximum absolute atomic E-state index is 12.8. The highest BCUT2D eigenvalue weighted by atomic mass is 35.5. The molecule has 4 heterocycles. The summed E-state index contributed by atoms with van der Waals surface area (Å²) in [6.07, 6.45) is 0. The van der Waals surface area contributed by atoms with Gasteiger partial charge < -0.3 is 9.47 Å². The molecule has 4 saturated heterocycles. The zero-order chi connectivity index (χ0) is 22.3. The molecule has 0 saturated carbocycles. The number of cyclic esters (lactones) is 4. The lowest BCUT2D eigenvalue weighted by Gasteiger charge is -2.33. The molecular weight excluding hydrogens is 459 g/mol. The van der Waals surface area contributed by atoms with E-state index in [9.17, 15) is 19.2 Å². The fourth-order valence-electron chi connectivity index (χ4n) is 5.44. The molecule has 0 radical (unpaired) electrons. The summed E-state index contributed by atoms with van der Waals surface area (Å²) in [5.74, 6) is -4.50. The Morgan fingerprint density at radius 3 is 1.22 bits per heavy atom. The van der Waals surface area contributed by atoms with Gasteiger partial charge in [-0.25, -0.2) is 19.6 Å². The van der Waals surface area contributed by atoms with Gasteiger partial charge in [-0.2, -0.15) is 0 Å². The topological polar surface area (TPSA) is 93.2 Å². The van der Waals surface area contributed by atoms with Crippen LogP contribution in [-0.2, 0) is 28.7 Å². The molecule has 10 heteroatoms. The number of rotatable bonds is 2. The molecule has 0 spiro atoms. The van der Waals surface area contributed by atoms with Crippen LogP contribution in [0.4, 0.5) is 0 Å². The molecular formula is C22H14Cl2N2O6. The first kappa shape index (κ1) is 19.9. The summed E-state index contributed by atoms with van der Waals surface area (Å²) in [6, 6.07) is 10.2. The predicted octanol–water partition coefficient (Wildman–Crippen LogP) is 2.46. The Balaban J connectivity index is 1.56. The Morgan fingerprint density at radius 2 is 0.875 bits per heavy atom. The maximum atomic E-state index is 12.8. The van der Waals surface area contributed by atoms with Crippen LogP contribution in [0.3, 0.4) is 0 Å². The van der Waals surface area contributed by atoms with Gasteiger partial charge in [0.15, 0.2) is 0 Å². The number of benzene rings is 2. The van der Waals surface area contributed by atoms with Gasteiger partial charge in [0, 0.05) is 10.0 Å². The van der Waals surface area contributed by atoms with Gasteiger partial charge in [0.2, 0.25) is 0 Å². The lowest BCUT2D eigenvalue weighted by Crippen LogP contribution is -2.45. The molecule has 0 bridgehead atoms. The zero-order valence-corrected chi connectivity index (χ0v) is 17.7. The molecule has 4 aliphatic rings. The third kappa shape index (κ3) is 2.58. The van der Waals surface area contributed by atoms with Crippen molar-refractivity contribution in [3.8, 4) is 0 Å². The molecule has 2 aromatic rings. The Kier molecular flexibility index (Phi) is 4.26. The largest absolute Gasteiger partial charge is 0.392 e. The fraction of sp³-hybridized carbons (Fsp3) is 0.273. The van der Waals surface area contributed by atoms with Crippen molar-refractivity contribution < 1.29 is 28.7 Å². The van der Waals surface area contributed by atoms with Crippen LogP contribution in [0, 0.1) is 11.8 Å². The van der Waals surface area contributed by atoms with E-state index in [1.807, 2.05) is 0 Å². The number of ether oxygens (including phenoxy) is 2. The molecule has 2 aromatic carbocycles. The molecule has 0 aromatic heterocycles. The van der Waals surface area contributed by atoms with Gasteiger partial charge in [-0.15, -0.1) is 0 Å². The summed E-state index contributed by atoms with van der Waals surface area (Å²) >= 11 is 12.1. The van der Waals surface area contributed by atoms with Crippen LogP contribution in [0.5, 0.6) is 0 Å². The Labute approximate surface area is 191 Å². The molecule has 4 aliphatic heterocycles. The van der Waals surface area contributed by atoms with Gasteiger partial charge >= 0.3 is 23.9 Å². The minimum atomic E-state index is -0.977. The van der Waals surface area contributed by atoms with Crippen molar-refractivity contribution in [3.63, 3.8) is 0 Å². The van der Waals surface area contributed by atoms with Gasteiger partial charge in [0.1, 0.15) is 23.9 Å². The van der Waals surface area contributed by atoms with Crippen LogP contribution >= 0.6 is 23.2 Å². The summed E-state index contributed by atoms with van der Waals surface area (Å²) in [6.45, 7) is 0. The van der Waals surface area contributed by atoms with Gasteiger partial charge in [-0.05, 0) is 35.4 Å². The summed E-state index contributed by atoms with van der Waals surface area (Å²) in [5.41, 5.74) is 1.34. The van der Waals surface area contributed by atoms with Gasteiger partial charge in [0.25, 0.3) is 0 Å². The average Bonchev–Trinajstić information content (AvgIpc) is 3.43. The van der Waals surface area contributed by atoms with E-state index in [-0.39, 0.29) is 0 Å². The Hall–Kier alpha value is -2.78. The number of hydrazine groups is 1. The van der Waals surface area contributed by atoms with Crippen molar-refractivity contribution in [1.82, 2.24) is 10.0 Å². The van der Waals surface area contributed by atoms with Gasteiger partial charge in [-0.3, -0.25) is 9.59 Å². The number of hydrogen-bond acceptors (Lipinski definition) is 8. The van der Waals surface area contributed by atoms with Crippen LogP contribution in [0.2, 0.25) is 10.0 Å². The minimum Gasteiger partial charge on any atom is -0.392 e. The van der Waals surface area contributed by atoms with E-state index in [1.54, 1.807) is 58.5 Å². The summed E-state index contributed by atoms with van der Waals surface area (Å²) < 4.78 is 9.99. The van der Waals surface area contributed by atoms with Crippen molar-refractivity contribution in [2.75, 3.05) is 0 Å². The second kappa shape index (κ2) is 6.86. The van der Waals surface area contributed by atoms with Crippen molar-refractivity contribution in [3.05, 3.63) is 69.7 Å². The average molecular weight is 473 g/mol. The second-order valence-electron chi connectivity index (χ2n) is 8.17. The lowest BCUT2D eigenvalue weighted by molar-refractivity contribution is -0.167. The molecule has 162 valence electrons. The summed E-state index contributed by atoms with van der Waals surface area (Å²) in [4.78, 5) is 51.1. The molecule has 6 atom stereocenters. The van der Waals surface area contributed by atoms with E-state index in [2.05, 4.69) is 0 Å². The van der Waals surface area contributed by atoms with E-state index in [1.165, 1.54) is 0 Å². The second-order valence-corrected chi connectivity index (χ2v) is 9.05. The monoisotopic (exact) mass is 472 g/mol. The SMILES string of the molecule is O=C1OC(=O)[C@H]2[C@H]1[C@H](c1ccc(Cl)cc1)N1[C@@H]3C(=O)OC(=O)[C@@H]3[C@H](c3ccc(Cl)cc3)N21. The number of esters is 4. The number of fused-ring (bicyclic) bond motifs is 5. The Bertz CT molecular complexity index is 1090. The third-order valence-corrected chi connectivity index (χ3v) is 7.12. The molecule has 8 nitrogen and oxygen atoms in total. The van der Waals surface area contributed by atoms with E-state index >= 15 is 0 Å². The highest BCUT2D eigenvalue weighted by molar-refractivity contribution is 6.30. The number of hydrogen-bond donors (Lipinski definition) is 0. The first-order chi connectivity index (χ1) is 15.4. The lowest BCUT2D eigenvalue weighted by atomic mass is 9.84. The van der Waals surface area contributed by atoms with Crippen molar-refractivity contribution in [2.24, 2.45) is 11.8 Å². The fourth-order valence-corrected chi connectivity index (χ4v) is 5.70. The normalized spacial score (nSPS) is 33.8. The van der Waals surface area contributed by atoms with Gasteiger partial charge in [0.05, 0.1) is 12.1 Å². The number of carbonyl (C=O) groups is 4. The number of halogens is 2. The maximum Gasteiger partial charge on any atom is 0.333 e. The quantitative estimate of drug-likeness (QED) is 0.485. The highest BCUT2D eigenvalue weighted by Crippen LogP contribution is 2.58. The van der Waals surface area contributed by atoms with Crippen molar-refractivity contribution >= 4 is 47.1 Å². The van der Waals surface area contributed by atoms with Crippen LogP contribution in [0.1, 0.15) is 23.2 Å². The highest BCUT2D eigenvalue weighted by Gasteiger charge is 2.72. The van der Waals surface area contributed by atoms with Gasteiger partial charge in [-0.1, -0.05) is 47.5 Å². The van der Waals surface area contributed by atoms with E-state index in [0.717, 1.165) is 0 Å². The smallest absolute Gasteiger partial charge is 0.333 e. The third-order valence-electron chi connectivity index (χ3n) is 6.62. The molecule has 32 heavy (non-hydrogen) atoms. The molecule has 0 amide bonds. The summed E-state index contributed by atoms with van der Waals surface area (Å²) in [7, 11) is 0.